The molecule has 1 fully saturated rings. The summed E-state index contributed by atoms with van der Waals surface area (Å²) in [7, 11) is -2.03. The summed E-state index contributed by atoms with van der Waals surface area (Å²) in [6, 6.07) is 7.93. The van der Waals surface area contributed by atoms with Crippen LogP contribution >= 0.6 is 0 Å². The second kappa shape index (κ2) is 5.29. The van der Waals surface area contributed by atoms with Gasteiger partial charge in [0.1, 0.15) is 0 Å². The first-order valence-corrected chi connectivity index (χ1v) is 7.52. The lowest BCUT2D eigenvalue weighted by atomic mass is 9.82. The van der Waals surface area contributed by atoms with Crippen molar-refractivity contribution >= 4 is 10.0 Å². The highest BCUT2D eigenvalue weighted by Crippen LogP contribution is 2.29. The van der Waals surface area contributed by atoms with Gasteiger partial charge in [0, 0.05) is 13.6 Å². The van der Waals surface area contributed by atoms with E-state index in [1.54, 1.807) is 12.1 Å². The zero-order valence-electron chi connectivity index (χ0n) is 10.7. The number of hydrogen-bond donors (Lipinski definition) is 1. The van der Waals surface area contributed by atoms with E-state index in [-0.39, 0.29) is 16.9 Å². The predicted molar refractivity (Wildman–Crippen MR) is 69.7 cm³/mol. The molecule has 1 aliphatic rings. The van der Waals surface area contributed by atoms with Crippen molar-refractivity contribution in [3.63, 3.8) is 0 Å². The number of benzene rings is 1. The van der Waals surface area contributed by atoms with Crippen LogP contribution in [-0.4, -0.2) is 37.5 Å². The van der Waals surface area contributed by atoms with Crippen LogP contribution in [0.5, 0.6) is 0 Å². The first-order chi connectivity index (χ1) is 8.93. The van der Waals surface area contributed by atoms with E-state index in [1.165, 1.54) is 23.5 Å². The Kier molecular flexibility index (Phi) is 3.90. The van der Waals surface area contributed by atoms with Crippen LogP contribution in [-0.2, 0) is 10.0 Å². The van der Waals surface area contributed by atoms with Crippen LogP contribution in [0.1, 0.15) is 18.4 Å². The molecule has 102 valence electrons. The van der Waals surface area contributed by atoms with E-state index in [1.807, 2.05) is 6.07 Å². The summed E-state index contributed by atoms with van der Waals surface area (Å²) in [5.41, 5.74) is 0.327. The van der Waals surface area contributed by atoms with Gasteiger partial charge in [-0.3, -0.25) is 0 Å². The Hall–Kier alpha value is -1.42. The lowest BCUT2D eigenvalue weighted by molar-refractivity contribution is 0.0367. The molecule has 0 heterocycles. The number of hydrogen-bond acceptors (Lipinski definition) is 4. The minimum Gasteiger partial charge on any atom is -0.393 e. The van der Waals surface area contributed by atoms with E-state index >= 15 is 0 Å². The van der Waals surface area contributed by atoms with E-state index in [9.17, 15) is 13.5 Å². The second-order valence-electron chi connectivity index (χ2n) is 4.92. The molecule has 1 aliphatic carbocycles. The molecule has 19 heavy (non-hydrogen) atoms. The van der Waals surface area contributed by atoms with Crippen molar-refractivity contribution in [2.75, 3.05) is 13.6 Å². The third kappa shape index (κ3) is 2.95. The van der Waals surface area contributed by atoms with E-state index in [0.29, 0.717) is 24.9 Å². The molecule has 0 atom stereocenters. The van der Waals surface area contributed by atoms with Crippen LogP contribution < -0.4 is 0 Å². The Bertz CT molecular complexity index is 601. The Morgan fingerprint density at radius 2 is 2.16 bits per heavy atom. The average molecular weight is 280 g/mol. The van der Waals surface area contributed by atoms with Crippen molar-refractivity contribution in [2.24, 2.45) is 5.92 Å². The summed E-state index contributed by atoms with van der Waals surface area (Å²) in [5.74, 6) is 0.217. The second-order valence-corrected chi connectivity index (χ2v) is 6.96. The highest BCUT2D eigenvalue weighted by atomic mass is 32.2. The molecule has 0 radical (unpaired) electrons. The predicted octanol–water partition coefficient (Wildman–Crippen LogP) is 0.950. The third-order valence-corrected chi connectivity index (χ3v) is 5.22. The van der Waals surface area contributed by atoms with Gasteiger partial charge in [-0.25, -0.2) is 12.7 Å². The summed E-state index contributed by atoms with van der Waals surface area (Å²) in [4.78, 5) is 0.133. The Balaban J connectivity index is 2.14. The molecule has 5 nitrogen and oxygen atoms in total. The van der Waals surface area contributed by atoms with E-state index in [0.717, 1.165) is 0 Å². The lowest BCUT2D eigenvalue weighted by Crippen LogP contribution is -2.39. The largest absolute Gasteiger partial charge is 0.393 e. The van der Waals surface area contributed by atoms with Gasteiger partial charge in [0.05, 0.1) is 22.6 Å². The minimum absolute atomic E-state index is 0.133. The van der Waals surface area contributed by atoms with Gasteiger partial charge in [0.15, 0.2) is 0 Å². The molecule has 1 saturated carbocycles. The fourth-order valence-corrected chi connectivity index (χ4v) is 3.51. The van der Waals surface area contributed by atoms with Crippen molar-refractivity contribution in [1.82, 2.24) is 4.31 Å². The zero-order chi connectivity index (χ0) is 14.0. The van der Waals surface area contributed by atoms with Crippen LogP contribution in [0.15, 0.2) is 29.2 Å². The molecule has 0 bridgehead atoms. The number of nitrogens with zero attached hydrogens (tertiary/aromatic N) is 2. The Morgan fingerprint density at radius 3 is 2.74 bits per heavy atom. The zero-order valence-corrected chi connectivity index (χ0v) is 11.5. The summed E-state index contributed by atoms with van der Waals surface area (Å²) in [6.45, 7) is 0.399. The fourth-order valence-electron chi connectivity index (χ4n) is 2.22. The molecule has 2 rings (SSSR count). The van der Waals surface area contributed by atoms with Crippen LogP contribution in [0.4, 0.5) is 0 Å². The first-order valence-electron chi connectivity index (χ1n) is 6.08. The van der Waals surface area contributed by atoms with E-state index in [2.05, 4.69) is 0 Å². The quantitative estimate of drug-likeness (QED) is 0.890. The molecule has 1 aromatic rings. The Labute approximate surface area is 113 Å². The highest BCUT2D eigenvalue weighted by molar-refractivity contribution is 7.89. The van der Waals surface area contributed by atoms with Gasteiger partial charge >= 0.3 is 0 Å². The molecule has 0 unspecified atom stereocenters. The SMILES string of the molecule is CN(CC1CC(O)C1)S(=O)(=O)c1cccc(C#N)c1. The van der Waals surface area contributed by atoms with Gasteiger partial charge < -0.3 is 5.11 Å². The van der Waals surface area contributed by atoms with Gasteiger partial charge in [-0.1, -0.05) is 6.07 Å². The molecule has 1 aromatic carbocycles. The highest BCUT2D eigenvalue weighted by Gasteiger charge is 2.31. The van der Waals surface area contributed by atoms with E-state index < -0.39 is 10.0 Å². The van der Waals surface area contributed by atoms with Crippen molar-refractivity contribution in [3.8, 4) is 6.07 Å². The Morgan fingerprint density at radius 1 is 1.47 bits per heavy atom. The van der Waals surface area contributed by atoms with Gasteiger partial charge in [-0.2, -0.15) is 5.26 Å². The molecule has 1 N–H and O–H groups in total. The normalized spacial score (nSPS) is 22.8. The number of aliphatic hydroxyl groups is 1. The van der Waals surface area contributed by atoms with Crippen LogP contribution in [0, 0.1) is 17.2 Å². The molecule has 0 aromatic heterocycles. The molecule has 0 amide bonds. The maximum Gasteiger partial charge on any atom is 0.242 e. The van der Waals surface area contributed by atoms with Gasteiger partial charge in [0.25, 0.3) is 0 Å². The fraction of sp³-hybridized carbons (Fsp3) is 0.462. The third-order valence-electron chi connectivity index (χ3n) is 3.40. The number of aliphatic hydroxyl groups excluding tert-OH is 1. The maximum atomic E-state index is 12.3. The summed E-state index contributed by atoms with van der Waals surface area (Å²) in [5, 5.41) is 18.0. The van der Waals surface area contributed by atoms with E-state index in [4.69, 9.17) is 5.26 Å². The van der Waals surface area contributed by atoms with Crippen LogP contribution in [0.2, 0.25) is 0 Å². The maximum absolute atomic E-state index is 12.3. The van der Waals surface area contributed by atoms with Crippen molar-refractivity contribution in [3.05, 3.63) is 29.8 Å². The van der Waals surface area contributed by atoms with Crippen molar-refractivity contribution < 1.29 is 13.5 Å². The minimum atomic E-state index is -3.56. The van der Waals surface area contributed by atoms with Gasteiger partial charge in [0.2, 0.25) is 10.0 Å². The topological polar surface area (TPSA) is 81.4 Å². The summed E-state index contributed by atoms with van der Waals surface area (Å²) < 4.78 is 25.9. The molecular weight excluding hydrogens is 264 g/mol. The van der Waals surface area contributed by atoms with Crippen LogP contribution in [0.25, 0.3) is 0 Å². The summed E-state index contributed by atoms with van der Waals surface area (Å²) in [6.07, 6.45) is 1.01. The van der Waals surface area contributed by atoms with Crippen molar-refractivity contribution in [1.29, 1.82) is 5.26 Å². The molecule has 6 heteroatoms. The number of rotatable bonds is 4. The van der Waals surface area contributed by atoms with Gasteiger partial charge in [-0.05, 0) is 37.0 Å². The molecule has 0 spiro atoms. The average Bonchev–Trinajstić information content (AvgIpc) is 2.36. The smallest absolute Gasteiger partial charge is 0.242 e. The number of sulfonamides is 1. The van der Waals surface area contributed by atoms with Crippen LogP contribution in [0.3, 0.4) is 0 Å². The molecular formula is C13H16N2O3S. The van der Waals surface area contributed by atoms with Crippen molar-refractivity contribution in [2.45, 2.75) is 23.8 Å². The molecule has 0 aliphatic heterocycles. The summed E-state index contributed by atoms with van der Waals surface area (Å²) >= 11 is 0. The monoisotopic (exact) mass is 280 g/mol. The standard InChI is InChI=1S/C13H16N2O3S/c1-15(9-11-5-12(16)6-11)19(17,18)13-4-2-3-10(7-13)8-14/h2-4,7,11-12,16H,5-6,9H2,1H3. The van der Waals surface area contributed by atoms with Gasteiger partial charge in [-0.15, -0.1) is 0 Å². The first kappa shape index (κ1) is 14.0. The number of nitriles is 1. The molecule has 0 saturated heterocycles. The lowest BCUT2D eigenvalue weighted by Gasteiger charge is -2.34.